The minimum atomic E-state index is 0.0934. The average molecular weight is 321 g/mol. The molecule has 0 aromatic carbocycles. The van der Waals surface area contributed by atoms with Gasteiger partial charge < -0.3 is 11.1 Å². The highest BCUT2D eigenvalue weighted by Crippen LogP contribution is 2.08. The molecule has 1 unspecified atom stereocenters. The zero-order valence-electron chi connectivity index (χ0n) is 10.1. The van der Waals surface area contributed by atoms with Gasteiger partial charge in [0.1, 0.15) is 4.95 Å². The predicted molar refractivity (Wildman–Crippen MR) is 78.7 cm³/mol. The van der Waals surface area contributed by atoms with Crippen LogP contribution in [0.3, 0.4) is 0 Å². The summed E-state index contributed by atoms with van der Waals surface area (Å²) >= 11 is 3.44. The molecule has 0 saturated carbocycles. The van der Waals surface area contributed by atoms with E-state index < -0.39 is 0 Å². The minimum Gasteiger partial charge on any atom is -0.381 e. The summed E-state index contributed by atoms with van der Waals surface area (Å²) in [6, 6.07) is 6.00. The van der Waals surface area contributed by atoms with E-state index in [-0.39, 0.29) is 4.95 Å². The smallest absolute Gasteiger partial charge is 0.165 e. The fourth-order valence-electron chi connectivity index (χ4n) is 1.88. The van der Waals surface area contributed by atoms with E-state index >= 15 is 0 Å². The zero-order valence-corrected chi connectivity index (χ0v) is 11.7. The molecule has 0 saturated heterocycles. The molecule has 1 aliphatic rings. The number of aromatic nitrogens is 2. The molecular formula is C12H13BrN6. The Hall–Kier alpha value is -1.89. The molecule has 0 amide bonds. The molecule has 0 bridgehead atoms. The lowest BCUT2D eigenvalue weighted by Crippen LogP contribution is -2.45. The Kier molecular flexibility index (Phi) is 3.20. The molecule has 0 radical (unpaired) electrons. The number of nitrogens with two attached hydrogens (primary N) is 1. The first-order valence-corrected chi connectivity index (χ1v) is 6.81. The second-order valence-corrected chi connectivity index (χ2v) is 5.34. The lowest BCUT2D eigenvalue weighted by molar-refractivity contribution is 0.808. The van der Waals surface area contributed by atoms with E-state index in [0.717, 1.165) is 11.1 Å². The number of aliphatic imine (C=N–C) groups is 2. The van der Waals surface area contributed by atoms with Gasteiger partial charge in [0.15, 0.2) is 11.7 Å². The number of amidine groups is 2. The van der Waals surface area contributed by atoms with Crippen LogP contribution >= 0.6 is 15.9 Å². The number of hydrogen-bond donors (Lipinski definition) is 2. The van der Waals surface area contributed by atoms with Crippen molar-refractivity contribution in [1.82, 2.24) is 14.9 Å². The predicted octanol–water partition coefficient (Wildman–Crippen LogP) is 0.914. The van der Waals surface area contributed by atoms with E-state index in [2.05, 4.69) is 42.4 Å². The van der Waals surface area contributed by atoms with Gasteiger partial charge in [0, 0.05) is 12.4 Å². The van der Waals surface area contributed by atoms with Gasteiger partial charge in [-0.25, -0.2) is 4.52 Å². The van der Waals surface area contributed by atoms with Crippen LogP contribution in [0.4, 0.5) is 0 Å². The van der Waals surface area contributed by atoms with Crippen molar-refractivity contribution in [2.75, 3.05) is 6.54 Å². The Morgan fingerprint density at radius 2 is 2.42 bits per heavy atom. The summed E-state index contributed by atoms with van der Waals surface area (Å²) in [5.74, 6) is 1.10. The maximum Gasteiger partial charge on any atom is 0.165 e. The van der Waals surface area contributed by atoms with E-state index in [1.54, 1.807) is 6.20 Å². The van der Waals surface area contributed by atoms with Crippen molar-refractivity contribution < 1.29 is 0 Å². The first-order chi connectivity index (χ1) is 9.22. The highest BCUT2D eigenvalue weighted by atomic mass is 79.9. The first-order valence-electron chi connectivity index (χ1n) is 5.90. The van der Waals surface area contributed by atoms with Gasteiger partial charge in [-0.15, -0.1) is 0 Å². The zero-order chi connectivity index (χ0) is 13.2. The molecule has 98 valence electrons. The monoisotopic (exact) mass is 320 g/mol. The molecule has 0 aliphatic carbocycles. The SMILES string of the molecule is NC1=NCC(Br)NC1=NCc1ccn2nccc2c1. The molecule has 2 aromatic rings. The average Bonchev–Trinajstić information content (AvgIpc) is 2.87. The maximum absolute atomic E-state index is 5.80. The summed E-state index contributed by atoms with van der Waals surface area (Å²) in [5.41, 5.74) is 7.95. The van der Waals surface area contributed by atoms with Gasteiger partial charge in [0.2, 0.25) is 0 Å². The third-order valence-corrected chi connectivity index (χ3v) is 3.36. The number of rotatable bonds is 2. The molecule has 1 aliphatic heterocycles. The van der Waals surface area contributed by atoms with Gasteiger partial charge in [-0.3, -0.25) is 9.98 Å². The number of nitrogens with one attached hydrogen (secondary N) is 1. The molecule has 0 fully saturated rings. The molecule has 6 nitrogen and oxygen atoms in total. The molecule has 3 heterocycles. The maximum atomic E-state index is 5.80. The fourth-order valence-corrected chi connectivity index (χ4v) is 2.25. The number of fused-ring (bicyclic) bond motifs is 1. The molecule has 2 aromatic heterocycles. The van der Waals surface area contributed by atoms with Gasteiger partial charge >= 0.3 is 0 Å². The molecule has 19 heavy (non-hydrogen) atoms. The number of halogens is 1. The van der Waals surface area contributed by atoms with Crippen molar-refractivity contribution in [1.29, 1.82) is 0 Å². The summed E-state index contributed by atoms with van der Waals surface area (Å²) in [6.07, 6.45) is 3.69. The fraction of sp³-hybridized carbons (Fsp3) is 0.250. The van der Waals surface area contributed by atoms with Crippen LogP contribution in [-0.4, -0.2) is 32.8 Å². The summed E-state index contributed by atoms with van der Waals surface area (Å²) < 4.78 is 1.82. The highest BCUT2D eigenvalue weighted by Gasteiger charge is 2.15. The van der Waals surface area contributed by atoms with Gasteiger partial charge in [-0.2, -0.15) is 5.10 Å². The second kappa shape index (κ2) is 5.00. The molecular weight excluding hydrogens is 308 g/mol. The highest BCUT2D eigenvalue weighted by molar-refractivity contribution is 9.09. The molecule has 7 heteroatoms. The van der Waals surface area contributed by atoms with E-state index in [9.17, 15) is 0 Å². The Morgan fingerprint density at radius 3 is 3.32 bits per heavy atom. The molecule has 3 N–H and O–H groups in total. The normalized spacial score (nSPS) is 21.4. The number of nitrogens with zero attached hydrogens (tertiary/aromatic N) is 4. The third-order valence-electron chi connectivity index (χ3n) is 2.84. The lowest BCUT2D eigenvalue weighted by atomic mass is 10.2. The topological polar surface area (TPSA) is 80.1 Å². The van der Waals surface area contributed by atoms with Crippen LogP contribution in [0.2, 0.25) is 0 Å². The standard InChI is InChI=1S/C12H13BrN6/c13-10-7-15-11(14)12(18-10)16-6-8-2-4-19-9(5-8)1-3-17-19/h1-5,10H,6-7H2,(H2,14,15)(H,16,18). The quantitative estimate of drug-likeness (QED) is 0.637. The molecule has 0 spiro atoms. The van der Waals surface area contributed by atoms with Crippen molar-refractivity contribution in [3.8, 4) is 0 Å². The number of alkyl halides is 1. The van der Waals surface area contributed by atoms with Gasteiger partial charge in [0.25, 0.3) is 0 Å². The molecule has 1 atom stereocenters. The van der Waals surface area contributed by atoms with Crippen LogP contribution in [0.25, 0.3) is 5.52 Å². The van der Waals surface area contributed by atoms with Crippen molar-refractivity contribution in [2.45, 2.75) is 11.5 Å². The van der Waals surface area contributed by atoms with Crippen LogP contribution in [0.15, 0.2) is 40.6 Å². The van der Waals surface area contributed by atoms with Crippen LogP contribution in [-0.2, 0) is 6.54 Å². The summed E-state index contributed by atoms with van der Waals surface area (Å²) in [5, 5.41) is 7.32. The van der Waals surface area contributed by atoms with Crippen molar-refractivity contribution in [2.24, 2.45) is 15.7 Å². The van der Waals surface area contributed by atoms with Crippen molar-refractivity contribution in [3.63, 3.8) is 0 Å². The summed E-state index contributed by atoms with van der Waals surface area (Å²) in [4.78, 5) is 8.75. The lowest BCUT2D eigenvalue weighted by Gasteiger charge is -2.18. The van der Waals surface area contributed by atoms with Gasteiger partial charge in [-0.05, 0) is 23.8 Å². The van der Waals surface area contributed by atoms with Crippen LogP contribution < -0.4 is 11.1 Å². The summed E-state index contributed by atoms with van der Waals surface area (Å²) in [7, 11) is 0. The Labute approximate surface area is 118 Å². The van der Waals surface area contributed by atoms with Crippen LogP contribution in [0, 0.1) is 0 Å². The van der Waals surface area contributed by atoms with Crippen molar-refractivity contribution >= 4 is 33.1 Å². The summed E-state index contributed by atoms with van der Waals surface area (Å²) in [6.45, 7) is 1.17. The van der Waals surface area contributed by atoms with Gasteiger partial charge in [0.05, 0.1) is 18.6 Å². The van der Waals surface area contributed by atoms with E-state index in [4.69, 9.17) is 5.73 Å². The van der Waals surface area contributed by atoms with Crippen LogP contribution in [0.5, 0.6) is 0 Å². The van der Waals surface area contributed by atoms with Crippen molar-refractivity contribution in [3.05, 3.63) is 36.2 Å². The van der Waals surface area contributed by atoms with Gasteiger partial charge in [-0.1, -0.05) is 15.9 Å². The second-order valence-electron chi connectivity index (χ2n) is 4.24. The molecule has 3 rings (SSSR count). The minimum absolute atomic E-state index is 0.0934. The Balaban J connectivity index is 1.81. The van der Waals surface area contributed by atoms with E-state index in [1.165, 1.54) is 0 Å². The third kappa shape index (κ3) is 2.60. The Bertz CT molecular complexity index is 659. The van der Waals surface area contributed by atoms with E-state index in [0.29, 0.717) is 24.8 Å². The largest absolute Gasteiger partial charge is 0.381 e. The number of pyridine rings is 1. The van der Waals surface area contributed by atoms with Crippen LogP contribution in [0.1, 0.15) is 5.56 Å². The first kappa shape index (κ1) is 12.2. The Morgan fingerprint density at radius 1 is 1.53 bits per heavy atom. The van der Waals surface area contributed by atoms with E-state index in [1.807, 2.05) is 22.8 Å². The number of hydrogen-bond acceptors (Lipinski definition) is 4.